The Labute approximate surface area is 169 Å². The van der Waals surface area contributed by atoms with E-state index in [1.54, 1.807) is 0 Å². The molecule has 2 aromatic carbocycles. The molecule has 0 N–H and O–H groups in total. The minimum Gasteiger partial charge on any atom is -0.378 e. The van der Waals surface area contributed by atoms with Gasteiger partial charge in [0.25, 0.3) is 0 Å². The molecule has 3 rings (SSSR count). The molecule has 4 nitrogen and oxygen atoms in total. The fraction of sp³-hybridized carbons (Fsp3) is 0.458. The fourth-order valence-corrected chi connectivity index (χ4v) is 4.38. The topological polar surface area (TPSA) is 32.8 Å². The van der Waals surface area contributed by atoms with E-state index in [0.717, 1.165) is 43.1 Å². The van der Waals surface area contributed by atoms with Crippen molar-refractivity contribution in [3.05, 3.63) is 65.2 Å². The Balaban J connectivity index is 1.98. The van der Waals surface area contributed by atoms with Crippen molar-refractivity contribution < 1.29 is 9.53 Å². The van der Waals surface area contributed by atoms with E-state index < -0.39 is 5.54 Å². The quantitative estimate of drug-likeness (QED) is 0.706. The molecule has 1 saturated heterocycles. The third kappa shape index (κ3) is 3.71. The van der Waals surface area contributed by atoms with Crippen molar-refractivity contribution in [2.24, 2.45) is 5.92 Å². The van der Waals surface area contributed by atoms with E-state index in [-0.39, 0.29) is 11.7 Å². The van der Waals surface area contributed by atoms with Gasteiger partial charge in [0, 0.05) is 24.3 Å². The average Bonchev–Trinajstić information content (AvgIpc) is 2.70. The van der Waals surface area contributed by atoms with Gasteiger partial charge in [-0.3, -0.25) is 9.69 Å². The van der Waals surface area contributed by atoms with Gasteiger partial charge >= 0.3 is 0 Å². The molecule has 1 fully saturated rings. The van der Waals surface area contributed by atoms with Crippen LogP contribution in [0.15, 0.2) is 48.5 Å². The van der Waals surface area contributed by atoms with Crippen LogP contribution < -0.4 is 4.90 Å². The summed E-state index contributed by atoms with van der Waals surface area (Å²) in [5, 5.41) is 0. The summed E-state index contributed by atoms with van der Waals surface area (Å²) in [5.74, 6) is 0.265. The van der Waals surface area contributed by atoms with Crippen LogP contribution >= 0.6 is 0 Å². The van der Waals surface area contributed by atoms with E-state index in [1.165, 1.54) is 5.56 Å². The van der Waals surface area contributed by atoms with Crippen LogP contribution in [-0.2, 0) is 10.3 Å². The first-order valence-electron chi connectivity index (χ1n) is 10.1. The second-order valence-corrected chi connectivity index (χ2v) is 8.16. The number of Topliss-reactive ketones (excluding diaryl/α,β-unsaturated/α-hetero) is 1. The predicted molar refractivity (Wildman–Crippen MR) is 115 cm³/mol. The zero-order valence-corrected chi connectivity index (χ0v) is 17.7. The second-order valence-electron chi connectivity index (χ2n) is 8.16. The van der Waals surface area contributed by atoms with Crippen molar-refractivity contribution in [3.63, 3.8) is 0 Å². The van der Waals surface area contributed by atoms with Gasteiger partial charge in [0.1, 0.15) is 5.54 Å². The smallest absolute Gasteiger partial charge is 0.187 e. The maximum absolute atomic E-state index is 13.8. The van der Waals surface area contributed by atoms with Crippen molar-refractivity contribution in [1.82, 2.24) is 4.90 Å². The number of carbonyl (C=O) groups excluding carboxylic acids is 1. The first-order valence-corrected chi connectivity index (χ1v) is 10.1. The van der Waals surface area contributed by atoms with Crippen molar-refractivity contribution in [3.8, 4) is 0 Å². The molecular weight excluding hydrogens is 348 g/mol. The number of likely N-dealkylation sites (N-methyl/N-ethyl adjacent to an activating group) is 1. The van der Waals surface area contributed by atoms with E-state index in [9.17, 15) is 4.79 Å². The minimum atomic E-state index is -0.700. The number of carbonyl (C=O) groups is 1. The predicted octanol–water partition coefficient (Wildman–Crippen LogP) is 4.13. The van der Waals surface area contributed by atoms with E-state index >= 15 is 0 Å². The van der Waals surface area contributed by atoms with E-state index in [2.05, 4.69) is 67.0 Å². The fourth-order valence-electron chi connectivity index (χ4n) is 4.38. The molecule has 1 aliphatic rings. The molecule has 1 aliphatic heterocycles. The molecule has 0 radical (unpaired) electrons. The summed E-state index contributed by atoms with van der Waals surface area (Å²) in [5.41, 5.74) is 3.44. The van der Waals surface area contributed by atoms with Gasteiger partial charge in [-0.2, -0.15) is 0 Å². The van der Waals surface area contributed by atoms with Crippen molar-refractivity contribution in [2.45, 2.75) is 26.3 Å². The lowest BCUT2D eigenvalue weighted by atomic mass is 9.73. The van der Waals surface area contributed by atoms with Gasteiger partial charge in [-0.25, -0.2) is 0 Å². The first-order chi connectivity index (χ1) is 13.4. The van der Waals surface area contributed by atoms with Crippen LogP contribution in [0.3, 0.4) is 0 Å². The second kappa shape index (κ2) is 8.46. The Morgan fingerprint density at radius 3 is 2.07 bits per heavy atom. The van der Waals surface area contributed by atoms with Crippen molar-refractivity contribution >= 4 is 11.5 Å². The summed E-state index contributed by atoms with van der Waals surface area (Å²) in [6.45, 7) is 9.62. The third-order valence-electron chi connectivity index (χ3n) is 5.88. The molecule has 1 heterocycles. The van der Waals surface area contributed by atoms with E-state index in [0.29, 0.717) is 0 Å². The van der Waals surface area contributed by atoms with Crippen LogP contribution in [0.5, 0.6) is 0 Å². The molecule has 0 amide bonds. The molecule has 0 aromatic heterocycles. The molecular formula is C24H32N2O2. The number of nitrogens with zero attached hydrogens (tertiary/aromatic N) is 2. The molecule has 0 spiro atoms. The van der Waals surface area contributed by atoms with Crippen LogP contribution in [0.4, 0.5) is 5.69 Å². The van der Waals surface area contributed by atoms with Gasteiger partial charge in [-0.05, 0) is 56.8 Å². The lowest BCUT2D eigenvalue weighted by Gasteiger charge is -2.42. The summed E-state index contributed by atoms with van der Waals surface area (Å²) >= 11 is 0. The van der Waals surface area contributed by atoms with Gasteiger partial charge in [-0.15, -0.1) is 0 Å². The standard InChI is InChI=1S/C24H32N2O2/c1-18(2)24(25(4)5,21-10-6-19(3)7-11-21)23(27)20-8-12-22(13-9-20)26-14-16-28-17-15-26/h6-13,18H,14-17H2,1-5H3. The van der Waals surface area contributed by atoms with Crippen molar-refractivity contribution in [2.75, 3.05) is 45.3 Å². The van der Waals surface area contributed by atoms with E-state index in [1.807, 2.05) is 26.2 Å². The minimum absolute atomic E-state index is 0.122. The number of rotatable bonds is 6. The Bertz CT molecular complexity index is 780. The Kier molecular flexibility index (Phi) is 6.21. The number of benzene rings is 2. The molecule has 150 valence electrons. The summed E-state index contributed by atoms with van der Waals surface area (Å²) in [6.07, 6.45) is 0. The Morgan fingerprint density at radius 2 is 1.57 bits per heavy atom. The average molecular weight is 381 g/mol. The Hall–Kier alpha value is -2.17. The summed E-state index contributed by atoms with van der Waals surface area (Å²) in [4.78, 5) is 18.2. The molecule has 4 heteroatoms. The number of ether oxygens (including phenoxy) is 1. The molecule has 1 atom stereocenters. The highest BCUT2D eigenvalue weighted by Gasteiger charge is 2.45. The number of hydrogen-bond donors (Lipinski definition) is 0. The van der Waals surface area contributed by atoms with Gasteiger partial charge in [0.15, 0.2) is 5.78 Å². The molecule has 0 aliphatic carbocycles. The maximum atomic E-state index is 13.8. The number of aryl methyl sites for hydroxylation is 1. The molecule has 0 saturated carbocycles. The number of hydrogen-bond acceptors (Lipinski definition) is 4. The molecule has 1 unspecified atom stereocenters. The lowest BCUT2D eigenvalue weighted by Crippen LogP contribution is -2.52. The monoisotopic (exact) mass is 380 g/mol. The Morgan fingerprint density at radius 1 is 1.00 bits per heavy atom. The number of anilines is 1. The highest BCUT2D eigenvalue weighted by atomic mass is 16.5. The number of ketones is 1. The molecule has 28 heavy (non-hydrogen) atoms. The summed E-state index contributed by atoms with van der Waals surface area (Å²) < 4.78 is 5.44. The largest absolute Gasteiger partial charge is 0.378 e. The van der Waals surface area contributed by atoms with E-state index in [4.69, 9.17) is 4.74 Å². The van der Waals surface area contributed by atoms with Crippen LogP contribution in [-0.4, -0.2) is 51.1 Å². The lowest BCUT2D eigenvalue weighted by molar-refractivity contribution is 0.0529. The maximum Gasteiger partial charge on any atom is 0.187 e. The normalized spacial score (nSPS) is 17.0. The highest BCUT2D eigenvalue weighted by Crippen LogP contribution is 2.38. The van der Waals surface area contributed by atoms with Crippen LogP contribution in [0.25, 0.3) is 0 Å². The zero-order chi connectivity index (χ0) is 20.3. The van der Waals surface area contributed by atoms with Crippen LogP contribution in [0, 0.1) is 12.8 Å². The third-order valence-corrected chi connectivity index (χ3v) is 5.88. The van der Waals surface area contributed by atoms with Gasteiger partial charge < -0.3 is 9.64 Å². The van der Waals surface area contributed by atoms with Crippen LogP contribution in [0.2, 0.25) is 0 Å². The zero-order valence-electron chi connectivity index (χ0n) is 17.7. The van der Waals surface area contributed by atoms with Gasteiger partial charge in [0.2, 0.25) is 0 Å². The molecule has 0 bridgehead atoms. The first kappa shape index (κ1) is 20.6. The SMILES string of the molecule is Cc1ccc(C(C(=O)c2ccc(N3CCOCC3)cc2)(C(C)C)N(C)C)cc1. The summed E-state index contributed by atoms with van der Waals surface area (Å²) in [6, 6.07) is 16.4. The molecule has 2 aromatic rings. The van der Waals surface area contributed by atoms with Gasteiger partial charge in [0.05, 0.1) is 13.2 Å². The van der Waals surface area contributed by atoms with Crippen LogP contribution in [0.1, 0.15) is 35.3 Å². The van der Waals surface area contributed by atoms with Gasteiger partial charge in [-0.1, -0.05) is 43.7 Å². The highest BCUT2D eigenvalue weighted by molar-refractivity contribution is 6.04. The summed E-state index contributed by atoms with van der Waals surface area (Å²) in [7, 11) is 4.00. The number of morpholine rings is 1. The van der Waals surface area contributed by atoms with Crippen molar-refractivity contribution in [1.29, 1.82) is 0 Å².